The Morgan fingerprint density at radius 1 is 1.13 bits per heavy atom. The van der Waals surface area contributed by atoms with E-state index in [4.69, 9.17) is 4.42 Å². The van der Waals surface area contributed by atoms with Crippen LogP contribution >= 0.6 is 0 Å². The van der Waals surface area contributed by atoms with E-state index in [9.17, 15) is 5.11 Å². The number of nitrogens with zero attached hydrogens (tertiary/aromatic N) is 2. The number of piperazine rings is 1. The molecule has 0 amide bonds. The molecule has 1 N–H and O–H groups in total. The zero-order valence-corrected chi connectivity index (χ0v) is 18.5. The summed E-state index contributed by atoms with van der Waals surface area (Å²) in [4.78, 5) is 4.93. The first-order valence-electron chi connectivity index (χ1n) is 11.4. The average molecular weight is 409 g/mol. The molecule has 1 aromatic heterocycles. The van der Waals surface area contributed by atoms with Gasteiger partial charge in [0, 0.05) is 45.1 Å². The molecule has 0 bridgehead atoms. The van der Waals surface area contributed by atoms with Gasteiger partial charge in [-0.15, -0.1) is 0 Å². The summed E-state index contributed by atoms with van der Waals surface area (Å²) < 4.78 is 5.87. The molecule has 0 spiro atoms. The fourth-order valence-corrected chi connectivity index (χ4v) is 5.41. The number of aliphatic hydroxyl groups is 1. The summed E-state index contributed by atoms with van der Waals surface area (Å²) in [7, 11) is 2.19. The predicted molar refractivity (Wildman–Crippen MR) is 122 cm³/mol. The van der Waals surface area contributed by atoms with E-state index < -0.39 is 5.60 Å². The summed E-state index contributed by atoms with van der Waals surface area (Å²) in [5.41, 5.74) is 2.63. The number of furan rings is 1. The lowest BCUT2D eigenvalue weighted by molar-refractivity contribution is -0.0522. The molecule has 1 saturated carbocycles. The number of likely N-dealkylation sites (N-methyl/N-ethyl adjacent to an activating group) is 1. The quantitative estimate of drug-likeness (QED) is 0.593. The molecule has 1 aliphatic carbocycles. The van der Waals surface area contributed by atoms with E-state index in [1.54, 1.807) is 6.26 Å². The first-order chi connectivity index (χ1) is 14.5. The van der Waals surface area contributed by atoms with E-state index in [0.29, 0.717) is 6.42 Å². The van der Waals surface area contributed by atoms with Gasteiger partial charge in [-0.3, -0.25) is 0 Å². The highest BCUT2D eigenvalue weighted by atomic mass is 16.3. The molecule has 1 saturated heterocycles. The predicted octanol–water partition coefficient (Wildman–Crippen LogP) is 4.25. The van der Waals surface area contributed by atoms with Crippen LogP contribution in [0.2, 0.25) is 0 Å². The van der Waals surface area contributed by atoms with E-state index in [-0.39, 0.29) is 11.8 Å². The normalized spacial score (nSPS) is 29.1. The largest absolute Gasteiger partial charge is 0.469 e. The van der Waals surface area contributed by atoms with Crippen LogP contribution in [0, 0.1) is 12.8 Å². The van der Waals surface area contributed by atoms with Crippen molar-refractivity contribution in [2.45, 2.75) is 44.1 Å². The van der Waals surface area contributed by atoms with E-state index >= 15 is 0 Å². The van der Waals surface area contributed by atoms with Crippen LogP contribution in [-0.4, -0.2) is 60.3 Å². The maximum atomic E-state index is 12.5. The lowest BCUT2D eigenvalue weighted by atomic mass is 9.69. The number of rotatable bonds is 5. The van der Waals surface area contributed by atoms with Gasteiger partial charge in [0.15, 0.2) is 0 Å². The Hall–Kier alpha value is -1.88. The summed E-state index contributed by atoms with van der Waals surface area (Å²) in [5, 5.41) is 12.5. The van der Waals surface area contributed by atoms with Gasteiger partial charge in [0.2, 0.25) is 0 Å². The minimum Gasteiger partial charge on any atom is -0.469 e. The molecule has 30 heavy (non-hydrogen) atoms. The molecule has 3 unspecified atom stereocenters. The molecule has 1 aliphatic heterocycles. The molecule has 1 aromatic carbocycles. The van der Waals surface area contributed by atoms with Crippen molar-refractivity contribution in [2.75, 3.05) is 39.8 Å². The molecule has 0 radical (unpaired) electrons. The molecule has 4 nitrogen and oxygen atoms in total. The fourth-order valence-electron chi connectivity index (χ4n) is 5.41. The monoisotopic (exact) mass is 408 g/mol. The molecular formula is C26H36N2O2. The molecule has 2 heterocycles. The van der Waals surface area contributed by atoms with Crippen LogP contribution in [0.25, 0.3) is 0 Å². The molecule has 2 aromatic rings. The molecule has 162 valence electrons. The second-order valence-corrected chi connectivity index (χ2v) is 9.39. The number of hydrogen-bond donors (Lipinski definition) is 1. The highest BCUT2D eigenvalue weighted by Gasteiger charge is 2.48. The first kappa shape index (κ1) is 21.4. The summed E-state index contributed by atoms with van der Waals surface area (Å²) in [6.45, 7) is 11.8. The maximum Gasteiger partial charge on any atom is 0.113 e. The van der Waals surface area contributed by atoms with Crippen LogP contribution in [0.3, 0.4) is 0 Å². The molecule has 2 fully saturated rings. The van der Waals surface area contributed by atoms with Crippen molar-refractivity contribution in [3.63, 3.8) is 0 Å². The summed E-state index contributed by atoms with van der Waals surface area (Å²) >= 11 is 0. The molecule has 4 heteroatoms. The maximum absolute atomic E-state index is 12.5. The van der Waals surface area contributed by atoms with Gasteiger partial charge >= 0.3 is 0 Å². The molecule has 2 aliphatic rings. The van der Waals surface area contributed by atoms with Crippen molar-refractivity contribution in [3.8, 4) is 0 Å². The van der Waals surface area contributed by atoms with Crippen LogP contribution in [-0.2, 0) is 6.42 Å². The summed E-state index contributed by atoms with van der Waals surface area (Å²) in [5.74, 6) is 0.850. The van der Waals surface area contributed by atoms with Crippen LogP contribution in [0.5, 0.6) is 0 Å². The van der Waals surface area contributed by atoms with Gasteiger partial charge in [0.05, 0.1) is 17.8 Å². The third-order valence-corrected chi connectivity index (χ3v) is 7.30. The SMILES string of the molecule is C=C1CCCC(CN2CCN(C)CC2)C(O)(Cc2ccccc2C)C1c1ccco1. The Bertz CT molecular complexity index is 838. The second kappa shape index (κ2) is 9.09. The molecular weight excluding hydrogens is 372 g/mol. The zero-order valence-electron chi connectivity index (χ0n) is 18.5. The molecule has 3 atom stereocenters. The topological polar surface area (TPSA) is 39.9 Å². The average Bonchev–Trinajstić information content (AvgIpc) is 3.21. The number of hydrogen-bond acceptors (Lipinski definition) is 4. The Morgan fingerprint density at radius 3 is 2.60 bits per heavy atom. The van der Waals surface area contributed by atoms with E-state index in [0.717, 1.165) is 63.3 Å². The first-order valence-corrected chi connectivity index (χ1v) is 11.4. The third-order valence-electron chi connectivity index (χ3n) is 7.30. The number of benzene rings is 1. The van der Waals surface area contributed by atoms with Crippen molar-refractivity contribution < 1.29 is 9.52 Å². The van der Waals surface area contributed by atoms with Crippen molar-refractivity contribution in [1.29, 1.82) is 0 Å². The van der Waals surface area contributed by atoms with Crippen molar-refractivity contribution in [2.24, 2.45) is 5.92 Å². The van der Waals surface area contributed by atoms with Crippen molar-refractivity contribution >= 4 is 0 Å². The van der Waals surface area contributed by atoms with Gasteiger partial charge in [-0.2, -0.15) is 0 Å². The summed E-state index contributed by atoms with van der Waals surface area (Å²) in [6.07, 6.45) is 5.38. The minimum absolute atomic E-state index is 0.174. The van der Waals surface area contributed by atoms with E-state index in [1.165, 1.54) is 11.1 Å². The number of aryl methyl sites for hydroxylation is 1. The van der Waals surface area contributed by atoms with Crippen LogP contribution in [0.1, 0.15) is 42.1 Å². The van der Waals surface area contributed by atoms with Crippen LogP contribution in [0.15, 0.2) is 59.2 Å². The van der Waals surface area contributed by atoms with Crippen molar-refractivity contribution in [3.05, 3.63) is 71.7 Å². The van der Waals surface area contributed by atoms with Crippen molar-refractivity contribution in [1.82, 2.24) is 9.80 Å². The van der Waals surface area contributed by atoms with Gasteiger partial charge in [0.1, 0.15) is 5.76 Å². The Kier molecular flexibility index (Phi) is 6.47. The lowest BCUT2D eigenvalue weighted by Crippen LogP contribution is -2.53. The van der Waals surface area contributed by atoms with Gasteiger partial charge in [0.25, 0.3) is 0 Å². The Labute approximate surface area is 181 Å². The van der Waals surface area contributed by atoms with Crippen LogP contribution < -0.4 is 0 Å². The minimum atomic E-state index is -0.916. The van der Waals surface area contributed by atoms with E-state index in [1.807, 2.05) is 12.1 Å². The third kappa shape index (κ3) is 4.41. The van der Waals surface area contributed by atoms with Gasteiger partial charge in [-0.25, -0.2) is 0 Å². The highest BCUT2D eigenvalue weighted by Crippen LogP contribution is 2.47. The van der Waals surface area contributed by atoms with Gasteiger partial charge < -0.3 is 19.3 Å². The van der Waals surface area contributed by atoms with Gasteiger partial charge in [-0.1, -0.05) is 36.4 Å². The smallest absolute Gasteiger partial charge is 0.113 e. The lowest BCUT2D eigenvalue weighted by Gasteiger charge is -2.44. The van der Waals surface area contributed by atoms with Crippen LogP contribution in [0.4, 0.5) is 0 Å². The highest BCUT2D eigenvalue weighted by molar-refractivity contribution is 5.33. The Balaban J connectivity index is 1.70. The Morgan fingerprint density at radius 2 is 1.90 bits per heavy atom. The zero-order chi connectivity index (χ0) is 21.1. The molecule has 4 rings (SSSR count). The second-order valence-electron chi connectivity index (χ2n) is 9.39. The van der Waals surface area contributed by atoms with E-state index in [2.05, 4.69) is 54.6 Å². The standard InChI is InChI=1S/C26H36N2O2/c1-20-8-4-5-10-22(20)18-26(29)23(19-28-15-13-27(3)14-16-28)11-6-9-21(2)25(26)24-12-7-17-30-24/h4-5,7-8,10,12,17,23,25,29H,2,6,9,11,13-16,18-19H2,1,3H3. The van der Waals surface area contributed by atoms with Gasteiger partial charge in [-0.05, 0) is 56.5 Å². The fraction of sp³-hybridized carbons (Fsp3) is 0.538. The summed E-state index contributed by atoms with van der Waals surface area (Å²) in [6, 6.07) is 12.4.